The number of nitrogens with one attached hydrogen (secondary N) is 1. The molecule has 0 spiro atoms. The smallest absolute Gasteiger partial charge is 0.272 e. The van der Waals surface area contributed by atoms with Crippen LogP contribution in [0.3, 0.4) is 0 Å². The van der Waals surface area contributed by atoms with E-state index in [2.05, 4.69) is 21.4 Å². The van der Waals surface area contributed by atoms with Gasteiger partial charge in [-0.2, -0.15) is 15.5 Å². The molecule has 2 heterocycles. The first-order valence-corrected chi connectivity index (χ1v) is 9.27. The molecule has 0 amide bonds. The van der Waals surface area contributed by atoms with Crippen molar-refractivity contribution in [3.8, 4) is 28.5 Å². The van der Waals surface area contributed by atoms with Crippen molar-refractivity contribution in [1.29, 1.82) is 5.26 Å². The Hall–Kier alpha value is -3.47. The third kappa shape index (κ3) is 2.99. The molecule has 29 heavy (non-hydrogen) atoms. The molecule has 0 unspecified atom stereocenters. The average molecular weight is 405 g/mol. The van der Waals surface area contributed by atoms with Gasteiger partial charge in [0.15, 0.2) is 0 Å². The molecule has 8 heteroatoms. The number of aromatic nitrogens is 4. The lowest BCUT2D eigenvalue weighted by Crippen LogP contribution is -2.13. The molecule has 2 aromatic carbocycles. The maximum atomic E-state index is 12.1. The van der Waals surface area contributed by atoms with Crippen molar-refractivity contribution >= 4 is 22.4 Å². The van der Waals surface area contributed by atoms with Crippen molar-refractivity contribution in [2.45, 2.75) is 13.5 Å². The molecule has 4 aromatic rings. The van der Waals surface area contributed by atoms with Crippen molar-refractivity contribution in [2.75, 3.05) is 0 Å². The Bertz CT molecular complexity index is 1360. The Balaban J connectivity index is 2.00. The standard InChI is InChI=1S/C21H17ClN6O/c1-11-3-5-13(16(8-23)19(11)22)20-17(10-25-28(20)2)12-4-6-14-15(7-12)18(9-24)26-27-21(14)29/h3-7,10H,9,24H2,1-2H3,(H,27,29). The average Bonchev–Trinajstić information content (AvgIpc) is 3.11. The number of nitrogens with two attached hydrogens (primary N) is 1. The zero-order valence-corrected chi connectivity index (χ0v) is 16.6. The first-order chi connectivity index (χ1) is 14.0. The van der Waals surface area contributed by atoms with Gasteiger partial charge in [0.1, 0.15) is 6.07 Å². The van der Waals surface area contributed by atoms with Crippen LogP contribution < -0.4 is 11.3 Å². The molecule has 3 N–H and O–H groups in total. The fraction of sp³-hybridized carbons (Fsp3) is 0.143. The van der Waals surface area contributed by atoms with Crippen LogP contribution in [0.2, 0.25) is 5.02 Å². The van der Waals surface area contributed by atoms with E-state index in [1.807, 2.05) is 38.2 Å². The number of benzene rings is 2. The van der Waals surface area contributed by atoms with Gasteiger partial charge in [-0.25, -0.2) is 5.10 Å². The van der Waals surface area contributed by atoms with Crippen LogP contribution in [0.4, 0.5) is 0 Å². The maximum Gasteiger partial charge on any atom is 0.272 e. The third-order valence-electron chi connectivity index (χ3n) is 5.01. The number of aryl methyl sites for hydroxylation is 2. The highest BCUT2D eigenvalue weighted by Crippen LogP contribution is 2.37. The van der Waals surface area contributed by atoms with E-state index in [1.54, 1.807) is 16.9 Å². The summed E-state index contributed by atoms with van der Waals surface area (Å²) in [6.45, 7) is 2.06. The molecule has 144 valence electrons. The van der Waals surface area contributed by atoms with E-state index in [0.29, 0.717) is 32.6 Å². The predicted molar refractivity (Wildman–Crippen MR) is 112 cm³/mol. The van der Waals surface area contributed by atoms with Gasteiger partial charge < -0.3 is 5.73 Å². The summed E-state index contributed by atoms with van der Waals surface area (Å²) in [4.78, 5) is 12.1. The van der Waals surface area contributed by atoms with Crippen LogP contribution in [0, 0.1) is 18.3 Å². The first-order valence-electron chi connectivity index (χ1n) is 8.89. The molecule has 0 aliphatic heterocycles. The number of halogens is 1. The van der Waals surface area contributed by atoms with Crippen LogP contribution in [-0.4, -0.2) is 20.0 Å². The lowest BCUT2D eigenvalue weighted by molar-refractivity contribution is 0.776. The molecule has 0 aliphatic rings. The Morgan fingerprint density at radius 2 is 2.03 bits per heavy atom. The number of nitrogens with zero attached hydrogens (tertiary/aromatic N) is 4. The van der Waals surface area contributed by atoms with Crippen LogP contribution in [0.25, 0.3) is 33.2 Å². The van der Waals surface area contributed by atoms with E-state index in [9.17, 15) is 10.1 Å². The van der Waals surface area contributed by atoms with Gasteiger partial charge in [-0.3, -0.25) is 9.48 Å². The Labute approximate surface area is 171 Å². The molecule has 0 saturated heterocycles. The molecule has 0 aliphatic carbocycles. The quantitative estimate of drug-likeness (QED) is 0.544. The van der Waals surface area contributed by atoms with Crippen molar-refractivity contribution < 1.29 is 0 Å². The molecular weight excluding hydrogens is 388 g/mol. The highest BCUT2D eigenvalue weighted by molar-refractivity contribution is 6.33. The molecule has 0 bridgehead atoms. The lowest BCUT2D eigenvalue weighted by Gasteiger charge is -2.12. The van der Waals surface area contributed by atoms with Gasteiger partial charge in [0.25, 0.3) is 5.56 Å². The topological polar surface area (TPSA) is 113 Å². The van der Waals surface area contributed by atoms with E-state index in [0.717, 1.165) is 22.4 Å². The Morgan fingerprint density at radius 1 is 1.24 bits per heavy atom. The Kier molecular flexibility index (Phi) is 4.66. The third-order valence-corrected chi connectivity index (χ3v) is 5.50. The molecule has 2 aromatic heterocycles. The zero-order chi connectivity index (χ0) is 20.7. The minimum atomic E-state index is -0.271. The van der Waals surface area contributed by atoms with Crippen molar-refractivity contribution in [1.82, 2.24) is 20.0 Å². The summed E-state index contributed by atoms with van der Waals surface area (Å²) in [5.41, 5.74) is 10.5. The number of nitriles is 1. The first kappa shape index (κ1) is 18.9. The Morgan fingerprint density at radius 3 is 2.76 bits per heavy atom. The summed E-state index contributed by atoms with van der Waals surface area (Å²) < 4.78 is 1.71. The van der Waals surface area contributed by atoms with Crippen molar-refractivity contribution in [3.05, 3.63) is 68.7 Å². The van der Waals surface area contributed by atoms with Crippen LogP contribution >= 0.6 is 11.6 Å². The number of rotatable bonds is 3. The van der Waals surface area contributed by atoms with Gasteiger partial charge >= 0.3 is 0 Å². The number of fused-ring (bicyclic) bond motifs is 1. The molecule has 0 atom stereocenters. The van der Waals surface area contributed by atoms with Crippen LogP contribution in [0.1, 0.15) is 16.8 Å². The van der Waals surface area contributed by atoms with Crippen molar-refractivity contribution in [3.63, 3.8) is 0 Å². The molecule has 7 nitrogen and oxygen atoms in total. The van der Waals surface area contributed by atoms with E-state index in [4.69, 9.17) is 17.3 Å². The SMILES string of the molecule is Cc1ccc(-c2c(-c3ccc4c(=O)[nH]nc(CN)c4c3)cnn2C)c(C#N)c1Cl. The minimum absolute atomic E-state index is 0.197. The molecule has 0 fully saturated rings. The highest BCUT2D eigenvalue weighted by Gasteiger charge is 2.19. The molecule has 0 radical (unpaired) electrons. The number of hydrogen-bond donors (Lipinski definition) is 2. The fourth-order valence-electron chi connectivity index (χ4n) is 3.50. The largest absolute Gasteiger partial charge is 0.325 e. The van der Waals surface area contributed by atoms with Gasteiger partial charge in [-0.05, 0) is 30.2 Å². The maximum absolute atomic E-state index is 12.1. The summed E-state index contributed by atoms with van der Waals surface area (Å²) >= 11 is 6.39. The van der Waals surface area contributed by atoms with Gasteiger partial charge in [-0.15, -0.1) is 0 Å². The second-order valence-electron chi connectivity index (χ2n) is 6.73. The second kappa shape index (κ2) is 7.17. The fourth-order valence-corrected chi connectivity index (χ4v) is 3.70. The monoisotopic (exact) mass is 404 g/mol. The van der Waals surface area contributed by atoms with Gasteiger partial charge in [-0.1, -0.05) is 29.8 Å². The summed E-state index contributed by atoms with van der Waals surface area (Å²) in [5, 5.41) is 22.2. The predicted octanol–water partition coefficient (Wildman–Crippen LogP) is 3.28. The van der Waals surface area contributed by atoms with E-state index in [-0.39, 0.29) is 12.1 Å². The van der Waals surface area contributed by atoms with Crippen molar-refractivity contribution in [2.24, 2.45) is 12.8 Å². The number of hydrogen-bond acceptors (Lipinski definition) is 5. The van der Waals surface area contributed by atoms with Crippen LogP contribution in [-0.2, 0) is 13.6 Å². The van der Waals surface area contributed by atoms with Crippen LogP contribution in [0.5, 0.6) is 0 Å². The van der Waals surface area contributed by atoms with E-state index >= 15 is 0 Å². The molecule has 4 rings (SSSR count). The normalized spacial score (nSPS) is 11.0. The number of aromatic amines is 1. The van der Waals surface area contributed by atoms with Crippen LogP contribution in [0.15, 0.2) is 41.3 Å². The van der Waals surface area contributed by atoms with E-state index in [1.165, 1.54) is 0 Å². The summed E-state index contributed by atoms with van der Waals surface area (Å²) in [6, 6.07) is 11.4. The van der Waals surface area contributed by atoms with Gasteiger partial charge in [0.05, 0.1) is 33.6 Å². The minimum Gasteiger partial charge on any atom is -0.325 e. The summed E-state index contributed by atoms with van der Waals surface area (Å²) in [7, 11) is 1.81. The summed E-state index contributed by atoms with van der Waals surface area (Å²) in [5.74, 6) is 0. The summed E-state index contributed by atoms with van der Waals surface area (Å²) in [6.07, 6.45) is 1.73. The number of H-pyrrole nitrogens is 1. The highest BCUT2D eigenvalue weighted by atomic mass is 35.5. The molecule has 0 saturated carbocycles. The lowest BCUT2D eigenvalue weighted by atomic mass is 9.95. The van der Waals surface area contributed by atoms with Gasteiger partial charge in [0, 0.05) is 30.1 Å². The molecular formula is C21H17ClN6O. The zero-order valence-electron chi connectivity index (χ0n) is 15.8. The van der Waals surface area contributed by atoms with Gasteiger partial charge in [0.2, 0.25) is 0 Å². The van der Waals surface area contributed by atoms with E-state index < -0.39 is 0 Å². The second-order valence-corrected chi connectivity index (χ2v) is 7.10.